The van der Waals surface area contributed by atoms with Crippen LogP contribution in [0.5, 0.6) is 0 Å². The SMILES string of the molecule is Cn1cnc2c([B-](O)(O)O)nccc21. The summed E-state index contributed by atoms with van der Waals surface area (Å²) >= 11 is 0. The van der Waals surface area contributed by atoms with Gasteiger partial charge in [0.2, 0.25) is 0 Å². The van der Waals surface area contributed by atoms with Gasteiger partial charge in [-0.1, -0.05) is 0 Å². The number of nitrogens with zero attached hydrogens (tertiary/aromatic N) is 3. The van der Waals surface area contributed by atoms with Crippen LogP contribution in [-0.4, -0.2) is 36.4 Å². The van der Waals surface area contributed by atoms with Gasteiger partial charge in [-0.25, -0.2) is 4.98 Å². The van der Waals surface area contributed by atoms with Gasteiger partial charge >= 0.3 is 6.75 Å². The first-order valence-electron chi connectivity index (χ1n) is 4.08. The Labute approximate surface area is 79.5 Å². The Morgan fingerprint density at radius 3 is 2.64 bits per heavy atom. The van der Waals surface area contributed by atoms with E-state index in [0.717, 1.165) is 0 Å². The fourth-order valence-corrected chi connectivity index (χ4v) is 1.37. The zero-order valence-corrected chi connectivity index (χ0v) is 7.49. The molecule has 0 bridgehead atoms. The zero-order valence-electron chi connectivity index (χ0n) is 7.49. The van der Waals surface area contributed by atoms with Crippen molar-refractivity contribution < 1.29 is 15.1 Å². The molecule has 7 heteroatoms. The Balaban J connectivity index is 2.79. The summed E-state index contributed by atoms with van der Waals surface area (Å²) in [5, 5.41) is 27.2. The summed E-state index contributed by atoms with van der Waals surface area (Å²) in [6, 6.07) is 1.67. The molecule has 0 spiro atoms. The third kappa shape index (κ3) is 1.27. The van der Waals surface area contributed by atoms with Crippen molar-refractivity contribution in [2.75, 3.05) is 0 Å². The highest BCUT2D eigenvalue weighted by atomic mass is 16.5. The number of hydrogen-bond acceptors (Lipinski definition) is 5. The van der Waals surface area contributed by atoms with Crippen molar-refractivity contribution in [1.82, 2.24) is 14.5 Å². The van der Waals surface area contributed by atoms with Gasteiger partial charge in [0.1, 0.15) is 0 Å². The van der Waals surface area contributed by atoms with Crippen LogP contribution in [0.1, 0.15) is 0 Å². The first-order valence-corrected chi connectivity index (χ1v) is 4.08. The Morgan fingerprint density at radius 2 is 2.00 bits per heavy atom. The molecule has 2 heterocycles. The zero-order chi connectivity index (χ0) is 10.3. The van der Waals surface area contributed by atoms with Gasteiger partial charge in [-0.2, -0.15) is 0 Å². The third-order valence-corrected chi connectivity index (χ3v) is 2.04. The Hall–Kier alpha value is -1.44. The minimum absolute atomic E-state index is 0.205. The van der Waals surface area contributed by atoms with E-state index >= 15 is 0 Å². The van der Waals surface area contributed by atoms with E-state index in [-0.39, 0.29) is 5.59 Å². The summed E-state index contributed by atoms with van der Waals surface area (Å²) in [4.78, 5) is 7.61. The molecule has 0 atom stereocenters. The lowest BCUT2D eigenvalue weighted by molar-refractivity contribution is 0.248. The molecule has 0 unspecified atom stereocenters. The molecule has 0 aliphatic carbocycles. The van der Waals surface area contributed by atoms with Gasteiger partial charge in [0.15, 0.2) is 0 Å². The number of pyridine rings is 1. The lowest BCUT2D eigenvalue weighted by Gasteiger charge is -2.20. The number of aryl methyl sites for hydroxylation is 1. The van der Waals surface area contributed by atoms with Crippen LogP contribution in [0.4, 0.5) is 0 Å². The molecule has 6 nitrogen and oxygen atoms in total. The maximum atomic E-state index is 9.06. The smallest absolute Gasteiger partial charge is 0.422 e. The fraction of sp³-hybridized carbons (Fsp3) is 0.143. The van der Waals surface area contributed by atoms with Crippen molar-refractivity contribution in [1.29, 1.82) is 0 Å². The molecular weight excluding hydrogens is 185 g/mol. The van der Waals surface area contributed by atoms with Gasteiger partial charge in [-0.3, -0.25) is 4.98 Å². The van der Waals surface area contributed by atoms with Crippen LogP contribution in [-0.2, 0) is 7.05 Å². The maximum Gasteiger partial charge on any atom is 0.422 e. The third-order valence-electron chi connectivity index (χ3n) is 2.04. The van der Waals surface area contributed by atoms with Crippen LogP contribution in [0.15, 0.2) is 18.6 Å². The molecule has 0 radical (unpaired) electrons. The van der Waals surface area contributed by atoms with Crippen LogP contribution >= 0.6 is 0 Å². The van der Waals surface area contributed by atoms with E-state index in [0.29, 0.717) is 11.0 Å². The summed E-state index contributed by atoms with van der Waals surface area (Å²) in [7, 11) is 1.76. The molecule has 0 amide bonds. The predicted octanol–water partition coefficient (Wildman–Crippen LogP) is -1.91. The highest BCUT2D eigenvalue weighted by Gasteiger charge is 2.23. The fourth-order valence-electron chi connectivity index (χ4n) is 1.37. The molecule has 0 aromatic carbocycles. The molecule has 74 valence electrons. The number of hydrogen-bond donors (Lipinski definition) is 3. The second kappa shape index (κ2) is 2.78. The summed E-state index contributed by atoms with van der Waals surface area (Å²) < 4.78 is 1.70. The van der Waals surface area contributed by atoms with Crippen LogP contribution in [0.2, 0.25) is 0 Å². The minimum atomic E-state index is -3.59. The number of rotatable bonds is 1. The van der Waals surface area contributed by atoms with E-state index in [1.807, 2.05) is 0 Å². The monoisotopic (exact) mass is 194 g/mol. The second-order valence-electron chi connectivity index (χ2n) is 3.15. The van der Waals surface area contributed by atoms with Crippen LogP contribution in [0.25, 0.3) is 11.0 Å². The van der Waals surface area contributed by atoms with E-state index in [1.54, 1.807) is 17.7 Å². The van der Waals surface area contributed by atoms with Crippen molar-refractivity contribution in [3.05, 3.63) is 18.6 Å². The number of fused-ring (bicyclic) bond motifs is 1. The van der Waals surface area contributed by atoms with Crippen molar-refractivity contribution in [3.8, 4) is 0 Å². The predicted molar refractivity (Wildman–Crippen MR) is 50.6 cm³/mol. The number of imidazole rings is 1. The van der Waals surface area contributed by atoms with E-state index < -0.39 is 6.75 Å². The first-order chi connectivity index (χ1) is 6.50. The Morgan fingerprint density at radius 1 is 1.29 bits per heavy atom. The van der Waals surface area contributed by atoms with Crippen molar-refractivity contribution in [2.24, 2.45) is 7.05 Å². The van der Waals surface area contributed by atoms with E-state index in [2.05, 4.69) is 9.97 Å². The van der Waals surface area contributed by atoms with Gasteiger partial charge in [-0.15, -0.1) is 0 Å². The molecule has 2 aromatic rings. The average Bonchev–Trinajstić information content (AvgIpc) is 2.46. The molecule has 3 N–H and O–H groups in total. The van der Waals surface area contributed by atoms with E-state index in [9.17, 15) is 0 Å². The lowest BCUT2D eigenvalue weighted by Crippen LogP contribution is -2.50. The quantitative estimate of drug-likeness (QED) is 0.461. The first kappa shape index (κ1) is 9.13. The Kier molecular flexibility index (Phi) is 1.81. The molecule has 2 aromatic heterocycles. The van der Waals surface area contributed by atoms with Crippen LogP contribution in [0, 0.1) is 0 Å². The summed E-state index contributed by atoms with van der Waals surface area (Å²) in [5.74, 6) is 0. The van der Waals surface area contributed by atoms with Gasteiger partial charge in [0.05, 0.1) is 17.4 Å². The van der Waals surface area contributed by atoms with Crippen molar-refractivity contribution in [3.63, 3.8) is 0 Å². The Bertz CT molecular complexity index is 476. The number of aromatic nitrogens is 3. The maximum absolute atomic E-state index is 9.06. The standard InChI is InChI=1S/C7H9BN3O3/c1-11-4-10-6-5(11)2-3-9-7(6)8(12,13)14/h2-4,12-14H,1H3/q-1. The molecule has 0 aliphatic heterocycles. The topological polar surface area (TPSA) is 91.4 Å². The van der Waals surface area contributed by atoms with Crippen LogP contribution < -0.4 is 5.59 Å². The molecular formula is C7H9BN3O3-. The molecule has 0 saturated heterocycles. The molecule has 0 saturated carbocycles. The van der Waals surface area contributed by atoms with E-state index in [1.165, 1.54) is 12.5 Å². The van der Waals surface area contributed by atoms with Crippen molar-refractivity contribution >= 4 is 23.4 Å². The van der Waals surface area contributed by atoms with Gasteiger partial charge in [-0.05, 0) is 11.7 Å². The summed E-state index contributed by atoms with van der Waals surface area (Å²) in [6.45, 7) is -3.59. The summed E-state index contributed by atoms with van der Waals surface area (Å²) in [6.07, 6.45) is 2.90. The normalized spacial score (nSPS) is 12.3. The van der Waals surface area contributed by atoms with Crippen molar-refractivity contribution in [2.45, 2.75) is 0 Å². The largest absolute Gasteiger partial charge is 0.555 e. The second-order valence-corrected chi connectivity index (χ2v) is 3.15. The van der Waals surface area contributed by atoms with E-state index in [4.69, 9.17) is 15.1 Å². The highest BCUT2D eigenvalue weighted by molar-refractivity contribution is 6.73. The summed E-state index contributed by atoms with van der Waals surface area (Å²) in [5.41, 5.74) is 0.768. The molecule has 2 rings (SSSR count). The lowest BCUT2D eigenvalue weighted by atomic mass is 9.74. The van der Waals surface area contributed by atoms with Gasteiger partial charge < -0.3 is 19.6 Å². The van der Waals surface area contributed by atoms with Gasteiger partial charge in [0.25, 0.3) is 0 Å². The molecule has 14 heavy (non-hydrogen) atoms. The highest BCUT2D eigenvalue weighted by Crippen LogP contribution is 2.08. The minimum Gasteiger partial charge on any atom is -0.555 e. The average molecular weight is 194 g/mol. The van der Waals surface area contributed by atoms with Crippen LogP contribution in [0.3, 0.4) is 0 Å². The molecule has 0 fully saturated rings. The van der Waals surface area contributed by atoms with Gasteiger partial charge in [0, 0.05) is 13.2 Å². The molecule has 0 aliphatic rings.